The van der Waals surface area contributed by atoms with E-state index in [1.807, 2.05) is 12.3 Å². The van der Waals surface area contributed by atoms with Crippen LogP contribution in [-0.4, -0.2) is 52.5 Å². The summed E-state index contributed by atoms with van der Waals surface area (Å²) in [5, 5.41) is 0. The number of likely N-dealkylation sites (N-methyl/N-ethyl adjacent to an activating group) is 1. The number of hydrogen-bond acceptors (Lipinski definition) is 2. The molecule has 21 heavy (non-hydrogen) atoms. The van der Waals surface area contributed by atoms with Crippen molar-refractivity contribution in [2.75, 3.05) is 20.1 Å². The highest BCUT2D eigenvalue weighted by Gasteiger charge is 2.36. The first kappa shape index (κ1) is 15.1. The Labute approximate surface area is 135 Å². The van der Waals surface area contributed by atoms with Crippen molar-refractivity contribution in [1.82, 2.24) is 14.4 Å². The van der Waals surface area contributed by atoms with Gasteiger partial charge in [-0.1, -0.05) is 0 Å². The monoisotopic (exact) mass is 353 g/mol. The van der Waals surface area contributed by atoms with Crippen molar-refractivity contribution in [2.45, 2.75) is 51.2 Å². The maximum Gasteiger partial charge on any atom is 0.270 e. The van der Waals surface area contributed by atoms with Crippen LogP contribution >= 0.6 is 15.9 Å². The van der Waals surface area contributed by atoms with Crippen LogP contribution in [0.25, 0.3) is 0 Å². The molecule has 3 rings (SSSR count). The van der Waals surface area contributed by atoms with Crippen molar-refractivity contribution >= 4 is 21.8 Å². The number of amides is 1. The van der Waals surface area contributed by atoms with Crippen LogP contribution in [0.2, 0.25) is 0 Å². The average Bonchev–Trinajstić information content (AvgIpc) is 2.90. The number of halogens is 1. The summed E-state index contributed by atoms with van der Waals surface area (Å²) in [5.74, 6) is 0.176. The van der Waals surface area contributed by atoms with Gasteiger partial charge in [-0.2, -0.15) is 0 Å². The smallest absolute Gasteiger partial charge is 0.270 e. The van der Waals surface area contributed by atoms with Gasteiger partial charge in [0, 0.05) is 41.9 Å². The minimum atomic E-state index is 0.176. The summed E-state index contributed by atoms with van der Waals surface area (Å²) in [5.41, 5.74) is 0.803. The Hall–Kier alpha value is -0.810. The highest BCUT2D eigenvalue weighted by molar-refractivity contribution is 9.10. The molecular weight excluding hydrogens is 330 g/mol. The van der Waals surface area contributed by atoms with E-state index in [0.717, 1.165) is 29.7 Å². The lowest BCUT2D eigenvalue weighted by Crippen LogP contribution is -2.40. The van der Waals surface area contributed by atoms with Gasteiger partial charge in [-0.05, 0) is 62.2 Å². The summed E-state index contributed by atoms with van der Waals surface area (Å²) in [7, 11) is 2.21. The standard InChI is InChI=1S/C16H24BrN3O/c1-11(2)20-9-12(17)8-15(20)16(21)19-7-6-13-4-5-14(10-19)18(13)3/h8-9,11,13-14H,4-7,10H2,1-3H3. The quantitative estimate of drug-likeness (QED) is 0.816. The summed E-state index contributed by atoms with van der Waals surface area (Å²) in [4.78, 5) is 17.5. The third-order valence-electron chi connectivity index (χ3n) is 5.03. The second kappa shape index (κ2) is 5.76. The summed E-state index contributed by atoms with van der Waals surface area (Å²) in [6.45, 7) is 5.97. The minimum absolute atomic E-state index is 0.176. The molecule has 2 fully saturated rings. The molecule has 1 amide bonds. The maximum atomic E-state index is 12.9. The van der Waals surface area contributed by atoms with Crippen molar-refractivity contribution in [3.8, 4) is 0 Å². The Morgan fingerprint density at radius 3 is 2.71 bits per heavy atom. The minimum Gasteiger partial charge on any atom is -0.340 e. The number of likely N-dealkylation sites (tertiary alicyclic amines) is 1. The lowest BCUT2D eigenvalue weighted by Gasteiger charge is -2.26. The zero-order valence-electron chi connectivity index (χ0n) is 13.1. The van der Waals surface area contributed by atoms with E-state index in [-0.39, 0.29) is 5.91 Å². The topological polar surface area (TPSA) is 28.5 Å². The average molecular weight is 354 g/mol. The van der Waals surface area contributed by atoms with Gasteiger partial charge in [0.15, 0.2) is 0 Å². The van der Waals surface area contributed by atoms with E-state index in [2.05, 4.69) is 51.2 Å². The van der Waals surface area contributed by atoms with Crippen LogP contribution in [0, 0.1) is 0 Å². The summed E-state index contributed by atoms with van der Waals surface area (Å²) in [6.07, 6.45) is 5.62. The molecule has 0 saturated carbocycles. The molecule has 2 aliphatic heterocycles. The van der Waals surface area contributed by atoms with Crippen molar-refractivity contribution < 1.29 is 4.79 Å². The number of rotatable bonds is 2. The van der Waals surface area contributed by atoms with Gasteiger partial charge in [0.2, 0.25) is 0 Å². The first-order valence-electron chi connectivity index (χ1n) is 7.86. The summed E-state index contributed by atoms with van der Waals surface area (Å²) in [6, 6.07) is 3.44. The number of nitrogens with zero attached hydrogens (tertiary/aromatic N) is 3. The van der Waals surface area contributed by atoms with Gasteiger partial charge in [0.25, 0.3) is 5.91 Å². The molecule has 1 aromatic heterocycles. The van der Waals surface area contributed by atoms with Gasteiger partial charge in [0.1, 0.15) is 5.69 Å². The summed E-state index contributed by atoms with van der Waals surface area (Å²) < 4.78 is 3.05. The molecule has 0 radical (unpaired) electrons. The van der Waals surface area contributed by atoms with Gasteiger partial charge < -0.3 is 9.47 Å². The number of aromatic nitrogens is 1. The van der Waals surface area contributed by atoms with Gasteiger partial charge in [-0.25, -0.2) is 0 Å². The van der Waals surface area contributed by atoms with Crippen LogP contribution in [0.1, 0.15) is 49.6 Å². The largest absolute Gasteiger partial charge is 0.340 e. The van der Waals surface area contributed by atoms with E-state index in [4.69, 9.17) is 0 Å². The predicted octanol–water partition coefficient (Wildman–Crippen LogP) is 3.14. The molecule has 3 heterocycles. The number of hydrogen-bond donors (Lipinski definition) is 0. The normalized spacial score (nSPS) is 26.4. The molecule has 2 aliphatic rings. The number of carbonyl (C=O) groups excluding carboxylic acids is 1. The van der Waals surface area contributed by atoms with Crippen molar-refractivity contribution in [2.24, 2.45) is 0 Å². The van der Waals surface area contributed by atoms with Gasteiger partial charge in [-0.15, -0.1) is 0 Å². The lowest BCUT2D eigenvalue weighted by molar-refractivity contribution is 0.0727. The third-order valence-corrected chi connectivity index (χ3v) is 5.46. The second-order valence-electron chi connectivity index (χ2n) is 6.63. The van der Waals surface area contributed by atoms with Crippen LogP contribution in [0.15, 0.2) is 16.7 Å². The molecule has 2 atom stereocenters. The Morgan fingerprint density at radius 2 is 2.00 bits per heavy atom. The second-order valence-corrected chi connectivity index (χ2v) is 7.55. The van der Waals surface area contributed by atoms with Gasteiger partial charge >= 0.3 is 0 Å². The van der Waals surface area contributed by atoms with E-state index in [1.54, 1.807) is 0 Å². The molecule has 0 spiro atoms. The lowest BCUT2D eigenvalue weighted by atomic mass is 10.1. The van der Waals surface area contributed by atoms with E-state index < -0.39 is 0 Å². The fraction of sp³-hybridized carbons (Fsp3) is 0.688. The third kappa shape index (κ3) is 2.78. The van der Waals surface area contributed by atoms with Crippen molar-refractivity contribution in [3.63, 3.8) is 0 Å². The predicted molar refractivity (Wildman–Crippen MR) is 87.6 cm³/mol. The zero-order valence-corrected chi connectivity index (χ0v) is 14.6. The molecule has 2 saturated heterocycles. The van der Waals surface area contributed by atoms with Crippen LogP contribution in [-0.2, 0) is 0 Å². The van der Waals surface area contributed by atoms with E-state index in [0.29, 0.717) is 18.1 Å². The van der Waals surface area contributed by atoms with Crippen molar-refractivity contribution in [1.29, 1.82) is 0 Å². The fourth-order valence-corrected chi connectivity index (χ4v) is 4.14. The number of fused-ring (bicyclic) bond motifs is 2. The summed E-state index contributed by atoms with van der Waals surface area (Å²) >= 11 is 3.50. The first-order chi connectivity index (χ1) is 9.97. The molecule has 2 unspecified atom stereocenters. The molecule has 4 nitrogen and oxygen atoms in total. The Bertz CT molecular complexity index is 540. The molecule has 0 N–H and O–H groups in total. The van der Waals surface area contributed by atoms with Crippen LogP contribution in [0.3, 0.4) is 0 Å². The van der Waals surface area contributed by atoms with Gasteiger partial charge in [-0.3, -0.25) is 9.69 Å². The van der Waals surface area contributed by atoms with Crippen LogP contribution < -0.4 is 0 Å². The highest BCUT2D eigenvalue weighted by Crippen LogP contribution is 2.29. The first-order valence-corrected chi connectivity index (χ1v) is 8.65. The highest BCUT2D eigenvalue weighted by atomic mass is 79.9. The van der Waals surface area contributed by atoms with Gasteiger partial charge in [0.05, 0.1) is 0 Å². The van der Waals surface area contributed by atoms with Crippen molar-refractivity contribution in [3.05, 3.63) is 22.4 Å². The molecule has 5 heteroatoms. The Morgan fingerprint density at radius 1 is 1.29 bits per heavy atom. The van der Waals surface area contributed by atoms with Crippen LogP contribution in [0.5, 0.6) is 0 Å². The molecule has 2 bridgehead atoms. The fourth-order valence-electron chi connectivity index (χ4n) is 3.70. The van der Waals surface area contributed by atoms with E-state index in [1.165, 1.54) is 12.8 Å². The van der Waals surface area contributed by atoms with E-state index in [9.17, 15) is 4.79 Å². The molecular formula is C16H24BrN3O. The molecule has 116 valence electrons. The maximum absolute atomic E-state index is 12.9. The SMILES string of the molecule is CC(C)n1cc(Br)cc1C(=O)N1CCC2CCC(C1)N2C. The zero-order chi connectivity index (χ0) is 15.1. The molecule has 0 aromatic carbocycles. The Balaban J connectivity index is 1.82. The number of carbonyl (C=O) groups is 1. The Kier molecular flexibility index (Phi) is 4.14. The van der Waals surface area contributed by atoms with Crippen LogP contribution in [0.4, 0.5) is 0 Å². The molecule has 0 aliphatic carbocycles. The molecule has 1 aromatic rings. The van der Waals surface area contributed by atoms with E-state index >= 15 is 0 Å².